The predicted octanol–water partition coefficient (Wildman–Crippen LogP) is 7.22. The van der Waals surface area contributed by atoms with E-state index >= 15 is 0 Å². The van der Waals surface area contributed by atoms with Crippen LogP contribution in [0.3, 0.4) is 0 Å². The Kier molecular flexibility index (Phi) is 10.4. The lowest BCUT2D eigenvalue weighted by molar-refractivity contribution is -0.265. The summed E-state index contributed by atoms with van der Waals surface area (Å²) in [6, 6.07) is 17.6. The fraction of sp³-hybridized carbons (Fsp3) is 0.306. The van der Waals surface area contributed by atoms with Gasteiger partial charge in [-0.15, -0.1) is 0 Å². The van der Waals surface area contributed by atoms with Gasteiger partial charge in [0.2, 0.25) is 5.60 Å². The zero-order valence-electron chi connectivity index (χ0n) is 27.4. The Morgan fingerprint density at radius 1 is 0.980 bits per heavy atom. The fourth-order valence-corrected chi connectivity index (χ4v) is 5.24. The third kappa shape index (κ3) is 8.29. The lowest BCUT2D eigenvalue weighted by Gasteiger charge is -2.33. The van der Waals surface area contributed by atoms with Crippen LogP contribution in [0.2, 0.25) is 5.02 Å². The molecule has 51 heavy (non-hydrogen) atoms. The predicted molar refractivity (Wildman–Crippen MR) is 176 cm³/mol. The summed E-state index contributed by atoms with van der Waals surface area (Å²) >= 11 is 5.97. The normalized spacial score (nSPS) is 16.6. The highest BCUT2D eigenvalue weighted by molar-refractivity contribution is 6.31. The molecule has 0 bridgehead atoms. The van der Waals surface area contributed by atoms with E-state index in [1.165, 1.54) is 25.3 Å². The Labute approximate surface area is 293 Å². The molecule has 1 aliphatic carbocycles. The molecule has 1 aromatic heterocycles. The molecule has 4 aromatic rings. The standard InChI is InChI=1S/C36H32ClF6N3O5/c1-33(2,45-18-27(47)20-7-5-4-6-8-20)23-15-26(21-9-11-25(38)24(37)13-21)46-30(16-23)34(49,36(41,42)43)19-44-32(48)22-10-12-28(29(14-22)50-3)51-31-17-35(31,39)40/h4-16,31,45,49H,17-19H2,1-3H3,(H,44,48). The first-order chi connectivity index (χ1) is 23.8. The summed E-state index contributed by atoms with van der Waals surface area (Å²) in [4.78, 5) is 30.0. The number of rotatable bonds is 13. The number of nitrogens with zero attached hydrogens (tertiary/aromatic N) is 1. The number of aliphatic hydroxyl groups is 1. The van der Waals surface area contributed by atoms with E-state index in [0.29, 0.717) is 5.56 Å². The topological polar surface area (TPSA) is 110 Å². The smallest absolute Gasteiger partial charge is 0.424 e. The minimum atomic E-state index is -5.41. The lowest BCUT2D eigenvalue weighted by Crippen LogP contribution is -2.52. The molecule has 1 fully saturated rings. The van der Waals surface area contributed by atoms with Crippen LogP contribution < -0.4 is 20.1 Å². The van der Waals surface area contributed by atoms with Crippen molar-refractivity contribution in [3.05, 3.63) is 112 Å². The number of aromatic nitrogens is 1. The number of hydrogen-bond donors (Lipinski definition) is 3. The van der Waals surface area contributed by atoms with Crippen LogP contribution >= 0.6 is 11.6 Å². The van der Waals surface area contributed by atoms with Gasteiger partial charge in [0.15, 0.2) is 23.4 Å². The van der Waals surface area contributed by atoms with Crippen molar-refractivity contribution >= 4 is 23.3 Å². The van der Waals surface area contributed by atoms with Crippen molar-refractivity contribution in [3.63, 3.8) is 0 Å². The first-order valence-electron chi connectivity index (χ1n) is 15.5. The second kappa shape index (κ2) is 14.2. The molecule has 0 spiro atoms. The number of ketones is 1. The van der Waals surface area contributed by atoms with Crippen molar-refractivity contribution in [2.75, 3.05) is 20.2 Å². The average Bonchev–Trinajstić information content (AvgIpc) is 3.71. The van der Waals surface area contributed by atoms with E-state index in [-0.39, 0.29) is 51.2 Å². The Hall–Kier alpha value is -4.66. The third-order valence-electron chi connectivity index (χ3n) is 8.41. The number of benzene rings is 3. The Morgan fingerprint density at radius 3 is 2.27 bits per heavy atom. The van der Waals surface area contributed by atoms with Gasteiger partial charge in [-0.25, -0.2) is 18.2 Å². The Morgan fingerprint density at radius 2 is 1.67 bits per heavy atom. The molecule has 0 saturated heterocycles. The number of alkyl halides is 5. The van der Waals surface area contributed by atoms with Crippen LogP contribution in [0.15, 0.2) is 78.9 Å². The molecule has 1 amide bonds. The van der Waals surface area contributed by atoms with Crippen molar-refractivity contribution in [1.29, 1.82) is 0 Å². The molecule has 3 N–H and O–H groups in total. The quantitative estimate of drug-likeness (QED) is 0.0983. The molecular formula is C36H32ClF6N3O5. The number of carbonyl (C=O) groups is 2. The number of hydrogen-bond acceptors (Lipinski definition) is 7. The summed E-state index contributed by atoms with van der Waals surface area (Å²) in [5, 5.41) is 16.1. The van der Waals surface area contributed by atoms with Crippen LogP contribution in [0.25, 0.3) is 11.3 Å². The van der Waals surface area contributed by atoms with E-state index in [4.69, 9.17) is 21.1 Å². The summed E-state index contributed by atoms with van der Waals surface area (Å²) in [7, 11) is 1.19. The molecule has 5 rings (SSSR count). The summed E-state index contributed by atoms with van der Waals surface area (Å²) < 4.78 is 95.7. The molecule has 1 heterocycles. The van der Waals surface area contributed by atoms with Gasteiger partial charge in [0.1, 0.15) is 5.82 Å². The molecule has 1 aliphatic rings. The molecule has 1 saturated carbocycles. The van der Waals surface area contributed by atoms with Gasteiger partial charge in [-0.2, -0.15) is 13.2 Å². The molecule has 2 unspecified atom stereocenters. The highest BCUT2D eigenvalue weighted by Gasteiger charge is 2.60. The van der Waals surface area contributed by atoms with Gasteiger partial charge in [0, 0.05) is 22.2 Å². The maximum Gasteiger partial charge on any atom is 0.424 e. The highest BCUT2D eigenvalue weighted by Crippen LogP contribution is 2.46. The first kappa shape index (κ1) is 37.6. The summed E-state index contributed by atoms with van der Waals surface area (Å²) in [5.74, 6) is -5.37. The van der Waals surface area contributed by atoms with Crippen molar-refractivity contribution in [2.24, 2.45) is 0 Å². The summed E-state index contributed by atoms with van der Waals surface area (Å²) in [6.45, 7) is 1.59. The number of nitrogens with one attached hydrogen (secondary N) is 2. The molecule has 270 valence electrons. The van der Waals surface area contributed by atoms with Gasteiger partial charge in [-0.05, 0) is 67.9 Å². The van der Waals surface area contributed by atoms with Gasteiger partial charge in [0.05, 0.1) is 43.0 Å². The van der Waals surface area contributed by atoms with Gasteiger partial charge >= 0.3 is 6.18 Å². The van der Waals surface area contributed by atoms with Crippen LogP contribution in [0.1, 0.15) is 52.2 Å². The molecule has 0 radical (unpaired) electrons. The number of halogens is 7. The Bertz CT molecular complexity index is 1940. The van der Waals surface area contributed by atoms with Crippen molar-refractivity contribution in [3.8, 4) is 22.8 Å². The van der Waals surface area contributed by atoms with Crippen molar-refractivity contribution in [2.45, 2.75) is 49.6 Å². The van der Waals surface area contributed by atoms with Crippen molar-refractivity contribution in [1.82, 2.24) is 15.6 Å². The summed E-state index contributed by atoms with van der Waals surface area (Å²) in [5.41, 5.74) is -5.57. The maximum atomic E-state index is 14.9. The SMILES string of the molecule is COc1cc(C(=O)NCC(O)(c2cc(C(C)(C)NCC(=O)c3ccccc3)cc(-c3ccc(F)c(Cl)c3)n2)C(F)(F)F)ccc1OC1CC1(F)F. The van der Waals surface area contributed by atoms with E-state index in [0.717, 1.165) is 30.3 Å². The second-order valence-corrected chi connectivity index (χ2v) is 12.9. The van der Waals surface area contributed by atoms with Gasteiger partial charge in [-0.1, -0.05) is 41.9 Å². The Balaban J connectivity index is 1.47. The molecule has 0 aliphatic heterocycles. The van der Waals surface area contributed by atoms with E-state index in [1.807, 2.05) is 0 Å². The second-order valence-electron chi connectivity index (χ2n) is 12.5. The molecular weight excluding hydrogens is 704 g/mol. The molecule has 2 atom stereocenters. The zero-order valence-corrected chi connectivity index (χ0v) is 28.1. The van der Waals surface area contributed by atoms with Crippen LogP contribution in [0.5, 0.6) is 11.5 Å². The van der Waals surface area contributed by atoms with E-state index in [2.05, 4.69) is 15.6 Å². The third-order valence-corrected chi connectivity index (χ3v) is 8.70. The fourth-order valence-electron chi connectivity index (χ4n) is 5.06. The van der Waals surface area contributed by atoms with E-state index in [9.17, 15) is 41.0 Å². The monoisotopic (exact) mass is 735 g/mol. The van der Waals surface area contributed by atoms with Crippen LogP contribution in [0.4, 0.5) is 26.3 Å². The molecule has 15 heteroatoms. The van der Waals surface area contributed by atoms with Crippen LogP contribution in [0, 0.1) is 5.82 Å². The summed E-state index contributed by atoms with van der Waals surface area (Å²) in [6.07, 6.45) is -7.29. The van der Waals surface area contributed by atoms with Gasteiger partial charge in [0.25, 0.3) is 11.8 Å². The van der Waals surface area contributed by atoms with E-state index in [1.54, 1.807) is 44.2 Å². The number of methoxy groups -OCH3 is 1. The number of ether oxygens (including phenoxy) is 2. The number of pyridine rings is 1. The van der Waals surface area contributed by atoms with Gasteiger partial charge in [-0.3, -0.25) is 9.59 Å². The zero-order chi connectivity index (χ0) is 37.4. The molecule has 3 aromatic carbocycles. The van der Waals surface area contributed by atoms with E-state index < -0.39 is 59.7 Å². The number of carbonyl (C=O) groups excluding carboxylic acids is 2. The number of amides is 1. The largest absolute Gasteiger partial charge is 0.493 e. The van der Waals surface area contributed by atoms with Crippen molar-refractivity contribution < 1.29 is 50.5 Å². The lowest BCUT2D eigenvalue weighted by atomic mass is 9.88. The molecule has 8 nitrogen and oxygen atoms in total. The average molecular weight is 736 g/mol. The highest BCUT2D eigenvalue weighted by atomic mass is 35.5. The first-order valence-corrected chi connectivity index (χ1v) is 15.8. The number of Topliss-reactive ketones (excluding diaryl/α,β-unsaturated/α-hetero) is 1. The minimum Gasteiger partial charge on any atom is -0.493 e. The minimum absolute atomic E-state index is 0.0980. The van der Waals surface area contributed by atoms with Gasteiger partial charge < -0.3 is 25.2 Å². The van der Waals surface area contributed by atoms with Crippen LogP contribution in [-0.2, 0) is 11.1 Å². The van der Waals surface area contributed by atoms with Crippen LogP contribution in [-0.4, -0.2) is 60.2 Å². The maximum absolute atomic E-state index is 14.9.